The summed E-state index contributed by atoms with van der Waals surface area (Å²) in [4.78, 5) is 14.1. The largest absolute Gasteiger partial charge is 0.378 e. The molecule has 2 saturated heterocycles. The Bertz CT molecular complexity index is 989. The summed E-state index contributed by atoms with van der Waals surface area (Å²) >= 11 is 0. The van der Waals surface area contributed by atoms with Gasteiger partial charge in [-0.2, -0.15) is 0 Å². The quantitative estimate of drug-likeness (QED) is 0.640. The van der Waals surface area contributed by atoms with Crippen molar-refractivity contribution in [1.29, 1.82) is 0 Å². The van der Waals surface area contributed by atoms with Crippen molar-refractivity contribution in [3.8, 4) is 0 Å². The molecule has 166 valence electrons. The standard InChI is InChI=1S/C26H31N5O/c1-2-5-21(6-3-1)17-22-8-9-26(28-19-22)31-12-4-7-23(20-31)29-25-18-24(10-11-27-25)30-13-15-32-16-14-30/h1-3,5-6,8-11,18-19,23H,4,7,12-17,20H2,(H,27,29)/t23-/m1/s1. The average molecular weight is 430 g/mol. The molecule has 1 atom stereocenters. The van der Waals surface area contributed by atoms with Crippen molar-refractivity contribution < 1.29 is 4.74 Å². The zero-order chi connectivity index (χ0) is 21.6. The van der Waals surface area contributed by atoms with E-state index < -0.39 is 0 Å². The van der Waals surface area contributed by atoms with Gasteiger partial charge in [0, 0.05) is 56.4 Å². The van der Waals surface area contributed by atoms with Crippen LogP contribution >= 0.6 is 0 Å². The molecule has 3 aromatic rings. The summed E-state index contributed by atoms with van der Waals surface area (Å²) in [7, 11) is 0. The van der Waals surface area contributed by atoms with Crippen LogP contribution in [-0.4, -0.2) is 55.4 Å². The summed E-state index contributed by atoms with van der Waals surface area (Å²) in [6.07, 6.45) is 7.14. The van der Waals surface area contributed by atoms with E-state index >= 15 is 0 Å². The fourth-order valence-electron chi connectivity index (χ4n) is 4.57. The van der Waals surface area contributed by atoms with E-state index in [1.165, 1.54) is 16.8 Å². The van der Waals surface area contributed by atoms with E-state index in [2.05, 4.69) is 74.7 Å². The first-order chi connectivity index (χ1) is 15.8. The molecule has 4 heterocycles. The Labute approximate surface area is 190 Å². The average Bonchev–Trinajstić information content (AvgIpc) is 2.86. The number of rotatable bonds is 6. The highest BCUT2D eigenvalue weighted by atomic mass is 16.5. The van der Waals surface area contributed by atoms with Crippen LogP contribution in [0.5, 0.6) is 0 Å². The second-order valence-electron chi connectivity index (χ2n) is 8.62. The summed E-state index contributed by atoms with van der Waals surface area (Å²) in [6.45, 7) is 5.44. The van der Waals surface area contributed by atoms with Crippen molar-refractivity contribution in [2.24, 2.45) is 0 Å². The summed E-state index contributed by atoms with van der Waals surface area (Å²) in [5.74, 6) is 2.01. The monoisotopic (exact) mass is 429 g/mol. The number of ether oxygens (including phenoxy) is 1. The Balaban J connectivity index is 1.20. The fraction of sp³-hybridized carbons (Fsp3) is 0.385. The van der Waals surface area contributed by atoms with Crippen molar-refractivity contribution in [2.45, 2.75) is 25.3 Å². The predicted molar refractivity (Wildman–Crippen MR) is 130 cm³/mol. The molecule has 2 aliphatic rings. The minimum atomic E-state index is 0.363. The Morgan fingerprint density at radius 3 is 2.59 bits per heavy atom. The van der Waals surface area contributed by atoms with E-state index in [0.29, 0.717) is 6.04 Å². The lowest BCUT2D eigenvalue weighted by molar-refractivity contribution is 0.122. The molecule has 2 fully saturated rings. The third-order valence-electron chi connectivity index (χ3n) is 6.28. The van der Waals surface area contributed by atoms with Gasteiger partial charge in [0.05, 0.1) is 13.2 Å². The minimum absolute atomic E-state index is 0.363. The second kappa shape index (κ2) is 10.0. The second-order valence-corrected chi connectivity index (χ2v) is 8.62. The molecule has 0 amide bonds. The number of aromatic nitrogens is 2. The van der Waals surface area contributed by atoms with Crippen LogP contribution in [0.15, 0.2) is 67.0 Å². The third-order valence-corrected chi connectivity index (χ3v) is 6.28. The Hall–Kier alpha value is -3.12. The van der Waals surface area contributed by atoms with Gasteiger partial charge in [-0.15, -0.1) is 0 Å². The molecule has 0 aliphatic carbocycles. The molecule has 0 saturated carbocycles. The number of piperidine rings is 1. The number of nitrogens with zero attached hydrogens (tertiary/aromatic N) is 4. The molecule has 2 aliphatic heterocycles. The molecule has 5 rings (SSSR count). The highest BCUT2D eigenvalue weighted by Gasteiger charge is 2.21. The lowest BCUT2D eigenvalue weighted by atomic mass is 10.0. The molecular formula is C26H31N5O. The molecular weight excluding hydrogens is 398 g/mol. The van der Waals surface area contributed by atoms with Crippen molar-refractivity contribution >= 4 is 17.3 Å². The van der Waals surface area contributed by atoms with Crippen LogP contribution in [-0.2, 0) is 11.2 Å². The molecule has 2 aromatic heterocycles. The van der Waals surface area contributed by atoms with Gasteiger partial charge >= 0.3 is 0 Å². The van der Waals surface area contributed by atoms with Crippen LogP contribution in [0.1, 0.15) is 24.0 Å². The first-order valence-electron chi connectivity index (χ1n) is 11.6. The van der Waals surface area contributed by atoms with E-state index in [-0.39, 0.29) is 0 Å². The van der Waals surface area contributed by atoms with Crippen LogP contribution in [0.25, 0.3) is 0 Å². The molecule has 6 heteroatoms. The number of morpholine rings is 1. The zero-order valence-corrected chi connectivity index (χ0v) is 18.5. The van der Waals surface area contributed by atoms with Crippen molar-refractivity contribution in [1.82, 2.24) is 9.97 Å². The Morgan fingerprint density at radius 1 is 0.906 bits per heavy atom. The number of nitrogens with one attached hydrogen (secondary N) is 1. The molecule has 32 heavy (non-hydrogen) atoms. The van der Waals surface area contributed by atoms with Gasteiger partial charge in [0.2, 0.25) is 0 Å². The topological polar surface area (TPSA) is 53.5 Å². The SMILES string of the molecule is c1ccc(Cc2ccc(N3CCC[C@@H](Nc4cc(N5CCOCC5)ccn4)C3)nc2)cc1. The number of hydrogen-bond donors (Lipinski definition) is 1. The smallest absolute Gasteiger partial charge is 0.128 e. The molecule has 0 radical (unpaired) electrons. The molecule has 0 spiro atoms. The van der Waals surface area contributed by atoms with E-state index in [4.69, 9.17) is 9.72 Å². The van der Waals surface area contributed by atoms with Crippen molar-refractivity contribution in [3.05, 3.63) is 78.1 Å². The maximum absolute atomic E-state index is 5.48. The molecule has 6 nitrogen and oxygen atoms in total. The van der Waals surface area contributed by atoms with Crippen LogP contribution in [0.2, 0.25) is 0 Å². The van der Waals surface area contributed by atoms with Gasteiger partial charge in [0.25, 0.3) is 0 Å². The number of pyridine rings is 2. The first-order valence-corrected chi connectivity index (χ1v) is 11.6. The van der Waals surface area contributed by atoms with Gasteiger partial charge in [0.15, 0.2) is 0 Å². The maximum Gasteiger partial charge on any atom is 0.128 e. The summed E-state index contributed by atoms with van der Waals surface area (Å²) < 4.78 is 5.48. The van der Waals surface area contributed by atoms with Crippen LogP contribution in [0, 0.1) is 0 Å². The van der Waals surface area contributed by atoms with E-state index in [9.17, 15) is 0 Å². The summed E-state index contributed by atoms with van der Waals surface area (Å²) in [5.41, 5.74) is 3.78. The number of benzene rings is 1. The maximum atomic E-state index is 5.48. The minimum Gasteiger partial charge on any atom is -0.378 e. The predicted octanol–water partition coefficient (Wildman–Crippen LogP) is 3.98. The first kappa shape index (κ1) is 20.8. The fourth-order valence-corrected chi connectivity index (χ4v) is 4.57. The molecule has 0 bridgehead atoms. The van der Waals surface area contributed by atoms with Gasteiger partial charge in [0.1, 0.15) is 11.6 Å². The van der Waals surface area contributed by atoms with Gasteiger partial charge in [-0.05, 0) is 42.5 Å². The molecule has 1 aromatic carbocycles. The molecule has 1 N–H and O–H groups in total. The lowest BCUT2D eigenvalue weighted by Gasteiger charge is -2.34. The van der Waals surface area contributed by atoms with Crippen LogP contribution in [0.4, 0.5) is 17.3 Å². The third kappa shape index (κ3) is 5.19. The highest BCUT2D eigenvalue weighted by molar-refractivity contribution is 5.54. The van der Waals surface area contributed by atoms with Gasteiger partial charge in [-0.25, -0.2) is 9.97 Å². The normalized spacial score (nSPS) is 19.1. The summed E-state index contributed by atoms with van der Waals surface area (Å²) in [6, 6.07) is 19.5. The number of hydrogen-bond acceptors (Lipinski definition) is 6. The van der Waals surface area contributed by atoms with Crippen LogP contribution in [0.3, 0.4) is 0 Å². The lowest BCUT2D eigenvalue weighted by Crippen LogP contribution is -2.42. The van der Waals surface area contributed by atoms with Crippen LogP contribution < -0.4 is 15.1 Å². The van der Waals surface area contributed by atoms with Gasteiger partial charge in [-0.3, -0.25) is 0 Å². The van der Waals surface area contributed by atoms with Crippen molar-refractivity contribution in [3.63, 3.8) is 0 Å². The van der Waals surface area contributed by atoms with Gasteiger partial charge < -0.3 is 19.9 Å². The van der Waals surface area contributed by atoms with Crippen molar-refractivity contribution in [2.75, 3.05) is 54.5 Å². The van der Waals surface area contributed by atoms with E-state index in [1.807, 2.05) is 12.4 Å². The van der Waals surface area contributed by atoms with E-state index in [1.54, 1.807) is 0 Å². The summed E-state index contributed by atoms with van der Waals surface area (Å²) in [5, 5.41) is 3.67. The Kier molecular flexibility index (Phi) is 6.49. The molecule has 0 unspecified atom stereocenters. The Morgan fingerprint density at radius 2 is 1.78 bits per heavy atom. The zero-order valence-electron chi connectivity index (χ0n) is 18.5. The highest BCUT2D eigenvalue weighted by Crippen LogP contribution is 2.23. The number of anilines is 3. The van der Waals surface area contributed by atoms with Gasteiger partial charge in [-0.1, -0.05) is 36.4 Å². The van der Waals surface area contributed by atoms with E-state index in [0.717, 1.165) is 70.3 Å².